The summed E-state index contributed by atoms with van der Waals surface area (Å²) >= 11 is 1.34. The number of carboxylic acid groups (broad SMARTS) is 1. The number of amides is 1. The summed E-state index contributed by atoms with van der Waals surface area (Å²) in [5.74, 6) is -0.0114. The van der Waals surface area contributed by atoms with Gasteiger partial charge in [0, 0.05) is 12.1 Å². The Morgan fingerprint density at radius 3 is 2.86 bits per heavy atom. The van der Waals surface area contributed by atoms with Gasteiger partial charge in [0.25, 0.3) is 5.91 Å². The predicted octanol–water partition coefficient (Wildman–Crippen LogP) is 3.40. The van der Waals surface area contributed by atoms with E-state index in [9.17, 15) is 9.59 Å². The van der Waals surface area contributed by atoms with Crippen molar-refractivity contribution < 1.29 is 14.7 Å². The standard InChI is InChI=1S/C16H21NO3S/c1-10-4-3-5-13(11(10)2)17-16(20)15-12(8-9-21-15)6-7-14(18)19/h6-11,13H,3-5H2,1-2H3,(H,17,20)(H,18,19). The molecule has 4 nitrogen and oxygen atoms in total. The largest absolute Gasteiger partial charge is 0.478 e. The number of carbonyl (C=O) groups is 2. The van der Waals surface area contributed by atoms with E-state index in [1.165, 1.54) is 23.8 Å². The van der Waals surface area contributed by atoms with Crippen LogP contribution in [0, 0.1) is 11.8 Å². The van der Waals surface area contributed by atoms with Crippen LogP contribution in [0.5, 0.6) is 0 Å². The molecule has 1 saturated carbocycles. The maximum atomic E-state index is 12.4. The summed E-state index contributed by atoms with van der Waals surface area (Å²) < 4.78 is 0. The average molecular weight is 307 g/mol. The number of hydrogen-bond acceptors (Lipinski definition) is 3. The SMILES string of the molecule is CC1CCCC(NC(=O)c2sccc2C=CC(=O)O)C1C. The Morgan fingerprint density at radius 2 is 2.14 bits per heavy atom. The van der Waals surface area contributed by atoms with Crippen molar-refractivity contribution in [1.29, 1.82) is 0 Å². The highest BCUT2D eigenvalue weighted by Gasteiger charge is 2.28. The van der Waals surface area contributed by atoms with Gasteiger partial charge in [0.15, 0.2) is 0 Å². The van der Waals surface area contributed by atoms with Crippen LogP contribution in [-0.2, 0) is 4.79 Å². The van der Waals surface area contributed by atoms with Gasteiger partial charge in [-0.1, -0.05) is 26.7 Å². The molecule has 0 saturated heterocycles. The number of carboxylic acids is 1. The number of thiophene rings is 1. The molecule has 0 radical (unpaired) electrons. The fourth-order valence-electron chi connectivity index (χ4n) is 2.82. The molecule has 2 N–H and O–H groups in total. The number of hydrogen-bond donors (Lipinski definition) is 2. The van der Waals surface area contributed by atoms with Crippen molar-refractivity contribution in [2.24, 2.45) is 11.8 Å². The minimum Gasteiger partial charge on any atom is -0.478 e. The molecule has 1 aromatic rings. The smallest absolute Gasteiger partial charge is 0.328 e. The van der Waals surface area contributed by atoms with E-state index >= 15 is 0 Å². The molecule has 0 spiro atoms. The van der Waals surface area contributed by atoms with Crippen LogP contribution in [0.15, 0.2) is 17.5 Å². The van der Waals surface area contributed by atoms with Gasteiger partial charge in [-0.25, -0.2) is 4.79 Å². The number of aliphatic carboxylic acids is 1. The van der Waals surface area contributed by atoms with Crippen LogP contribution in [-0.4, -0.2) is 23.0 Å². The summed E-state index contributed by atoms with van der Waals surface area (Å²) in [6.07, 6.45) is 5.92. The first-order valence-electron chi connectivity index (χ1n) is 7.28. The first-order valence-corrected chi connectivity index (χ1v) is 8.16. The minimum absolute atomic E-state index is 0.0963. The normalized spacial score (nSPS) is 25.9. The summed E-state index contributed by atoms with van der Waals surface area (Å²) in [6.45, 7) is 4.42. The molecule has 5 heteroatoms. The fourth-order valence-corrected chi connectivity index (χ4v) is 3.60. The van der Waals surface area contributed by atoms with Gasteiger partial charge in [0.05, 0.1) is 4.88 Å². The molecular weight excluding hydrogens is 286 g/mol. The van der Waals surface area contributed by atoms with Crippen LogP contribution < -0.4 is 5.32 Å². The molecule has 3 unspecified atom stereocenters. The van der Waals surface area contributed by atoms with Crippen LogP contribution in [0.2, 0.25) is 0 Å². The first kappa shape index (κ1) is 15.8. The zero-order valence-corrected chi connectivity index (χ0v) is 13.2. The lowest BCUT2D eigenvalue weighted by Gasteiger charge is -2.34. The molecule has 0 aliphatic heterocycles. The Bertz CT molecular complexity index is 549. The van der Waals surface area contributed by atoms with Crippen LogP contribution in [0.3, 0.4) is 0 Å². The zero-order valence-electron chi connectivity index (χ0n) is 12.3. The second-order valence-corrected chi connectivity index (χ2v) is 6.64. The molecule has 2 rings (SSSR count). The maximum Gasteiger partial charge on any atom is 0.328 e. The second kappa shape index (κ2) is 6.89. The van der Waals surface area contributed by atoms with Crippen molar-refractivity contribution >= 4 is 29.3 Å². The van der Waals surface area contributed by atoms with Gasteiger partial charge in [0.2, 0.25) is 0 Å². The molecule has 0 bridgehead atoms. The Hall–Kier alpha value is -1.62. The van der Waals surface area contributed by atoms with Gasteiger partial charge >= 0.3 is 5.97 Å². The van der Waals surface area contributed by atoms with E-state index in [1.54, 1.807) is 6.07 Å². The Kier molecular flexibility index (Phi) is 5.17. The van der Waals surface area contributed by atoms with Gasteiger partial charge in [-0.2, -0.15) is 0 Å². The van der Waals surface area contributed by atoms with Gasteiger partial charge in [0.1, 0.15) is 0 Å². The summed E-state index contributed by atoms with van der Waals surface area (Å²) in [5, 5.41) is 13.6. The first-order chi connectivity index (χ1) is 9.99. The third-order valence-electron chi connectivity index (χ3n) is 4.33. The average Bonchev–Trinajstić information content (AvgIpc) is 2.90. The summed E-state index contributed by atoms with van der Waals surface area (Å²) in [7, 11) is 0. The number of rotatable bonds is 4. The molecule has 21 heavy (non-hydrogen) atoms. The lowest BCUT2D eigenvalue weighted by Crippen LogP contribution is -2.43. The van der Waals surface area contributed by atoms with E-state index in [1.807, 2.05) is 5.38 Å². The number of nitrogens with one attached hydrogen (secondary N) is 1. The Labute approximate surface area is 128 Å². The fraction of sp³-hybridized carbons (Fsp3) is 0.500. The van der Waals surface area contributed by atoms with Crippen LogP contribution in [0.1, 0.15) is 48.3 Å². The molecule has 3 atom stereocenters. The minimum atomic E-state index is -1.01. The molecule has 1 fully saturated rings. The highest BCUT2D eigenvalue weighted by Crippen LogP contribution is 2.30. The monoisotopic (exact) mass is 307 g/mol. The van der Waals surface area contributed by atoms with E-state index in [-0.39, 0.29) is 11.9 Å². The van der Waals surface area contributed by atoms with E-state index < -0.39 is 5.97 Å². The van der Waals surface area contributed by atoms with Gasteiger partial charge < -0.3 is 10.4 Å². The third-order valence-corrected chi connectivity index (χ3v) is 5.26. The van der Waals surface area contributed by atoms with Crippen molar-refractivity contribution in [3.8, 4) is 0 Å². The second-order valence-electron chi connectivity index (χ2n) is 5.72. The molecule has 1 aromatic heterocycles. The third kappa shape index (κ3) is 3.94. The molecule has 114 valence electrons. The van der Waals surface area contributed by atoms with Crippen LogP contribution in [0.4, 0.5) is 0 Å². The molecule has 1 heterocycles. The van der Waals surface area contributed by atoms with Crippen LogP contribution >= 0.6 is 11.3 Å². The highest BCUT2D eigenvalue weighted by atomic mass is 32.1. The molecule has 0 aromatic carbocycles. The molecular formula is C16H21NO3S. The molecule has 1 amide bonds. The van der Waals surface area contributed by atoms with E-state index in [4.69, 9.17) is 5.11 Å². The Morgan fingerprint density at radius 1 is 1.38 bits per heavy atom. The highest BCUT2D eigenvalue weighted by molar-refractivity contribution is 7.12. The topological polar surface area (TPSA) is 66.4 Å². The number of carbonyl (C=O) groups excluding carboxylic acids is 1. The lowest BCUT2D eigenvalue weighted by molar-refractivity contribution is -0.131. The van der Waals surface area contributed by atoms with Gasteiger partial charge in [-0.05, 0) is 41.3 Å². The van der Waals surface area contributed by atoms with E-state index in [0.717, 1.165) is 18.9 Å². The predicted molar refractivity (Wildman–Crippen MR) is 84.4 cm³/mol. The van der Waals surface area contributed by atoms with Gasteiger partial charge in [-0.15, -0.1) is 11.3 Å². The van der Waals surface area contributed by atoms with Crippen molar-refractivity contribution in [1.82, 2.24) is 5.32 Å². The van der Waals surface area contributed by atoms with E-state index in [2.05, 4.69) is 19.2 Å². The molecule has 1 aliphatic rings. The van der Waals surface area contributed by atoms with Crippen molar-refractivity contribution in [3.05, 3.63) is 28.0 Å². The van der Waals surface area contributed by atoms with E-state index in [0.29, 0.717) is 22.3 Å². The maximum absolute atomic E-state index is 12.4. The van der Waals surface area contributed by atoms with Crippen molar-refractivity contribution in [2.75, 3.05) is 0 Å². The summed E-state index contributed by atoms with van der Waals surface area (Å²) in [4.78, 5) is 23.6. The van der Waals surface area contributed by atoms with Crippen molar-refractivity contribution in [3.63, 3.8) is 0 Å². The van der Waals surface area contributed by atoms with Gasteiger partial charge in [-0.3, -0.25) is 4.79 Å². The van der Waals surface area contributed by atoms with Crippen molar-refractivity contribution in [2.45, 2.75) is 39.2 Å². The zero-order chi connectivity index (χ0) is 15.4. The lowest BCUT2D eigenvalue weighted by atomic mass is 9.78. The summed E-state index contributed by atoms with van der Waals surface area (Å²) in [5.41, 5.74) is 0.663. The summed E-state index contributed by atoms with van der Waals surface area (Å²) in [6, 6.07) is 1.98. The molecule has 1 aliphatic carbocycles. The van der Waals surface area contributed by atoms with Crippen LogP contribution in [0.25, 0.3) is 6.08 Å². The quantitative estimate of drug-likeness (QED) is 0.838. The Balaban J connectivity index is 2.07.